The highest BCUT2D eigenvalue weighted by molar-refractivity contribution is 7.94. The molecule has 7 heteroatoms. The number of carbonyl (C=O) groups excluding carboxylic acids is 2. The Kier molecular flexibility index (Phi) is 5.65. The van der Waals surface area contributed by atoms with E-state index in [9.17, 15) is 18.0 Å². The SMILES string of the molecule is CCOC(=O)C1C(S(C)(=O)=O)=C(c2ccccc2)NC(=O)C1c1ccccc1. The van der Waals surface area contributed by atoms with E-state index >= 15 is 0 Å². The van der Waals surface area contributed by atoms with Crippen molar-refractivity contribution in [1.29, 1.82) is 0 Å². The predicted octanol–water partition coefficient (Wildman–Crippen LogP) is 2.49. The molecule has 0 aliphatic carbocycles. The summed E-state index contributed by atoms with van der Waals surface area (Å²) in [4.78, 5) is 25.7. The molecule has 1 aliphatic rings. The molecule has 1 heterocycles. The van der Waals surface area contributed by atoms with Crippen LogP contribution in [0.3, 0.4) is 0 Å². The molecule has 0 fully saturated rings. The van der Waals surface area contributed by atoms with E-state index in [1.165, 1.54) is 0 Å². The number of hydrogen-bond acceptors (Lipinski definition) is 5. The zero-order valence-corrected chi connectivity index (χ0v) is 16.4. The lowest BCUT2D eigenvalue weighted by Crippen LogP contribution is -2.44. The molecule has 0 aromatic heterocycles. The van der Waals surface area contributed by atoms with Gasteiger partial charge in [-0.3, -0.25) is 9.59 Å². The van der Waals surface area contributed by atoms with Gasteiger partial charge >= 0.3 is 5.97 Å². The first-order valence-corrected chi connectivity index (χ1v) is 10.8. The molecule has 0 saturated heterocycles. The Morgan fingerprint density at radius 1 is 1.04 bits per heavy atom. The number of amides is 1. The Balaban J connectivity index is 2.29. The molecule has 0 saturated carbocycles. The van der Waals surface area contributed by atoms with Crippen LogP contribution >= 0.6 is 0 Å². The zero-order chi connectivity index (χ0) is 20.3. The molecular weight excluding hydrogens is 378 g/mol. The molecule has 2 atom stereocenters. The fourth-order valence-corrected chi connectivity index (χ4v) is 4.67. The average molecular weight is 399 g/mol. The molecule has 0 radical (unpaired) electrons. The van der Waals surface area contributed by atoms with Crippen LogP contribution < -0.4 is 5.32 Å². The maximum absolute atomic E-state index is 13.0. The Bertz CT molecular complexity index is 1010. The van der Waals surface area contributed by atoms with Crippen LogP contribution in [0.25, 0.3) is 5.70 Å². The second-order valence-corrected chi connectivity index (χ2v) is 8.47. The van der Waals surface area contributed by atoms with E-state index in [-0.39, 0.29) is 17.2 Å². The smallest absolute Gasteiger partial charge is 0.315 e. The van der Waals surface area contributed by atoms with E-state index in [1.807, 2.05) is 0 Å². The third-order valence-corrected chi connectivity index (χ3v) is 5.81. The van der Waals surface area contributed by atoms with Gasteiger partial charge in [-0.1, -0.05) is 60.7 Å². The molecule has 0 bridgehead atoms. The van der Waals surface area contributed by atoms with Crippen molar-refractivity contribution >= 4 is 27.4 Å². The molecular formula is C21H21NO5S. The van der Waals surface area contributed by atoms with Crippen LogP contribution in [0.4, 0.5) is 0 Å². The highest BCUT2D eigenvalue weighted by Crippen LogP contribution is 2.41. The van der Waals surface area contributed by atoms with Gasteiger partial charge in [0.05, 0.1) is 23.1 Å². The van der Waals surface area contributed by atoms with E-state index in [4.69, 9.17) is 4.74 Å². The fourth-order valence-electron chi connectivity index (χ4n) is 3.44. The standard InChI is InChI=1S/C21H21NO5S/c1-3-27-21(24)17-16(14-10-6-4-7-11-14)20(23)22-18(19(17)28(2,25)26)15-12-8-5-9-13-15/h4-13,16-17H,3H2,1-2H3,(H,22,23). The topological polar surface area (TPSA) is 89.5 Å². The summed E-state index contributed by atoms with van der Waals surface area (Å²) >= 11 is 0. The van der Waals surface area contributed by atoms with E-state index in [0.29, 0.717) is 11.1 Å². The van der Waals surface area contributed by atoms with Crippen LogP contribution in [-0.4, -0.2) is 33.2 Å². The predicted molar refractivity (Wildman–Crippen MR) is 106 cm³/mol. The first-order chi connectivity index (χ1) is 13.3. The molecule has 28 heavy (non-hydrogen) atoms. The molecule has 1 N–H and O–H groups in total. The van der Waals surface area contributed by atoms with Crippen LogP contribution in [0, 0.1) is 5.92 Å². The van der Waals surface area contributed by atoms with Crippen LogP contribution in [0.2, 0.25) is 0 Å². The van der Waals surface area contributed by atoms with Gasteiger partial charge in [-0.2, -0.15) is 0 Å². The number of nitrogens with one attached hydrogen (secondary N) is 1. The molecule has 1 amide bonds. The molecule has 1 aliphatic heterocycles. The molecule has 6 nitrogen and oxygen atoms in total. The summed E-state index contributed by atoms with van der Waals surface area (Å²) in [6.07, 6.45) is 1.04. The van der Waals surface area contributed by atoms with Gasteiger partial charge in [0.1, 0.15) is 5.92 Å². The minimum absolute atomic E-state index is 0.0795. The van der Waals surface area contributed by atoms with Gasteiger partial charge in [0.25, 0.3) is 0 Å². The van der Waals surface area contributed by atoms with Crippen LogP contribution in [-0.2, 0) is 24.2 Å². The second-order valence-electron chi connectivity index (χ2n) is 6.48. The average Bonchev–Trinajstić information content (AvgIpc) is 2.67. The van der Waals surface area contributed by atoms with Gasteiger partial charge in [0, 0.05) is 6.26 Å². The minimum Gasteiger partial charge on any atom is -0.465 e. The monoisotopic (exact) mass is 399 g/mol. The fraction of sp³-hybridized carbons (Fsp3) is 0.238. The maximum Gasteiger partial charge on any atom is 0.315 e. The van der Waals surface area contributed by atoms with Crippen molar-refractivity contribution in [3.63, 3.8) is 0 Å². The summed E-state index contributed by atoms with van der Waals surface area (Å²) in [7, 11) is -3.84. The first kappa shape index (κ1) is 19.8. The molecule has 2 aromatic rings. The van der Waals surface area contributed by atoms with Crippen LogP contribution in [0.5, 0.6) is 0 Å². The normalized spacial score (nSPS) is 19.9. The highest BCUT2D eigenvalue weighted by atomic mass is 32.2. The van der Waals surface area contributed by atoms with Gasteiger partial charge < -0.3 is 10.1 Å². The molecule has 2 unspecified atom stereocenters. The van der Waals surface area contributed by atoms with Crippen molar-refractivity contribution in [2.24, 2.45) is 5.92 Å². The van der Waals surface area contributed by atoms with Crippen molar-refractivity contribution in [3.05, 3.63) is 76.7 Å². The van der Waals surface area contributed by atoms with Gasteiger partial charge in [-0.25, -0.2) is 8.42 Å². The number of sulfone groups is 1. The first-order valence-electron chi connectivity index (χ1n) is 8.86. The minimum atomic E-state index is -3.84. The molecule has 146 valence electrons. The van der Waals surface area contributed by atoms with E-state index < -0.39 is 33.5 Å². The summed E-state index contributed by atoms with van der Waals surface area (Å²) in [5.41, 5.74) is 1.18. The van der Waals surface area contributed by atoms with Crippen molar-refractivity contribution in [1.82, 2.24) is 5.32 Å². The molecule has 0 spiro atoms. The summed E-state index contributed by atoms with van der Waals surface area (Å²) in [5, 5.41) is 2.72. The van der Waals surface area contributed by atoms with E-state index in [0.717, 1.165) is 6.26 Å². The Labute approximate surface area is 164 Å². The number of carbonyl (C=O) groups is 2. The van der Waals surface area contributed by atoms with Gasteiger partial charge in [-0.05, 0) is 18.1 Å². The summed E-state index contributed by atoms with van der Waals surface area (Å²) in [6.45, 7) is 1.72. The Morgan fingerprint density at radius 2 is 1.61 bits per heavy atom. The number of ether oxygens (including phenoxy) is 1. The van der Waals surface area contributed by atoms with Crippen molar-refractivity contribution in [3.8, 4) is 0 Å². The lowest BCUT2D eigenvalue weighted by Gasteiger charge is -2.33. The third-order valence-electron chi connectivity index (χ3n) is 4.55. The van der Waals surface area contributed by atoms with Crippen molar-refractivity contribution in [2.45, 2.75) is 12.8 Å². The lowest BCUT2D eigenvalue weighted by atomic mass is 9.81. The van der Waals surface area contributed by atoms with Crippen LogP contribution in [0.1, 0.15) is 24.0 Å². The number of rotatable bonds is 5. The van der Waals surface area contributed by atoms with Crippen molar-refractivity contribution in [2.75, 3.05) is 12.9 Å². The third kappa shape index (κ3) is 3.84. The zero-order valence-electron chi connectivity index (χ0n) is 15.6. The number of esters is 1. The molecule has 3 rings (SSSR count). The van der Waals surface area contributed by atoms with Gasteiger partial charge in [-0.15, -0.1) is 0 Å². The summed E-state index contributed by atoms with van der Waals surface area (Å²) in [6, 6.07) is 17.3. The highest BCUT2D eigenvalue weighted by Gasteiger charge is 2.47. The molecule has 2 aromatic carbocycles. The maximum atomic E-state index is 13.0. The van der Waals surface area contributed by atoms with E-state index in [1.54, 1.807) is 67.6 Å². The largest absolute Gasteiger partial charge is 0.465 e. The van der Waals surface area contributed by atoms with Gasteiger partial charge in [0.2, 0.25) is 5.91 Å². The Hall–Kier alpha value is -2.93. The quantitative estimate of drug-likeness (QED) is 0.781. The summed E-state index contributed by atoms with van der Waals surface area (Å²) < 4.78 is 30.7. The van der Waals surface area contributed by atoms with Crippen LogP contribution in [0.15, 0.2) is 65.6 Å². The number of benzene rings is 2. The second kappa shape index (κ2) is 7.98. The van der Waals surface area contributed by atoms with E-state index in [2.05, 4.69) is 5.32 Å². The number of hydrogen-bond donors (Lipinski definition) is 1. The van der Waals surface area contributed by atoms with Crippen molar-refractivity contribution < 1.29 is 22.7 Å². The summed E-state index contributed by atoms with van der Waals surface area (Å²) in [5.74, 6) is -3.45. The Morgan fingerprint density at radius 3 is 2.14 bits per heavy atom. The lowest BCUT2D eigenvalue weighted by molar-refractivity contribution is -0.149. The van der Waals surface area contributed by atoms with Gasteiger partial charge in [0.15, 0.2) is 9.84 Å².